The molecule has 0 bridgehead atoms. The van der Waals surface area contributed by atoms with Crippen molar-refractivity contribution in [2.45, 2.75) is 13.0 Å². The number of carbonyl (C=O) groups excluding carboxylic acids is 1. The van der Waals surface area contributed by atoms with Crippen molar-refractivity contribution in [2.24, 2.45) is 0 Å². The van der Waals surface area contributed by atoms with Crippen LogP contribution in [-0.4, -0.2) is 21.9 Å². The Morgan fingerprint density at radius 2 is 1.96 bits per heavy atom. The summed E-state index contributed by atoms with van der Waals surface area (Å²) < 4.78 is 5.32. The van der Waals surface area contributed by atoms with Gasteiger partial charge < -0.3 is 20.2 Å². The van der Waals surface area contributed by atoms with Gasteiger partial charge in [-0.1, -0.05) is 34.8 Å². The van der Waals surface area contributed by atoms with Crippen LogP contribution < -0.4 is 10.1 Å². The first-order valence-electron chi connectivity index (χ1n) is 6.51. The largest absolute Gasteiger partial charge is 0.473 e. The highest BCUT2D eigenvalue weighted by Gasteiger charge is 2.22. The summed E-state index contributed by atoms with van der Waals surface area (Å²) in [4.78, 5) is 26.0. The summed E-state index contributed by atoms with van der Waals surface area (Å²) in [6.45, 7) is 1.43. The monoisotopic (exact) mass is 389 g/mol. The summed E-state index contributed by atoms with van der Waals surface area (Å²) >= 11 is 17.7. The van der Waals surface area contributed by atoms with Crippen LogP contribution in [0.4, 0.5) is 11.5 Å². The predicted molar refractivity (Wildman–Crippen MR) is 91.1 cm³/mol. The lowest BCUT2D eigenvalue weighted by Gasteiger charge is -2.15. The number of pyridine rings is 1. The van der Waals surface area contributed by atoms with Gasteiger partial charge in [0.2, 0.25) is 5.75 Å². The Hall–Kier alpha value is -2.09. The Bertz CT molecular complexity index is 801. The molecule has 126 valence electrons. The highest BCUT2D eigenvalue weighted by molar-refractivity contribution is 6.44. The molecule has 0 saturated carbocycles. The van der Waals surface area contributed by atoms with Gasteiger partial charge in [-0.25, -0.2) is 0 Å². The van der Waals surface area contributed by atoms with Gasteiger partial charge in [0.25, 0.3) is 5.91 Å². The number of hydrogen-bond donors (Lipinski definition) is 1. The van der Waals surface area contributed by atoms with Gasteiger partial charge in [0, 0.05) is 0 Å². The molecule has 0 aliphatic heterocycles. The van der Waals surface area contributed by atoms with E-state index in [1.165, 1.54) is 37.4 Å². The lowest BCUT2D eigenvalue weighted by molar-refractivity contribution is -0.390. The van der Waals surface area contributed by atoms with Crippen LogP contribution in [0.2, 0.25) is 15.1 Å². The number of nitrogens with one attached hydrogen (secondary N) is 1. The van der Waals surface area contributed by atoms with Crippen molar-refractivity contribution in [3.63, 3.8) is 0 Å². The van der Waals surface area contributed by atoms with Crippen molar-refractivity contribution in [1.29, 1.82) is 0 Å². The molecule has 0 aliphatic carbocycles. The van der Waals surface area contributed by atoms with Gasteiger partial charge in [0.15, 0.2) is 6.10 Å². The van der Waals surface area contributed by atoms with Gasteiger partial charge in [-0.2, -0.15) is 0 Å². The van der Waals surface area contributed by atoms with Gasteiger partial charge in [0.1, 0.15) is 6.20 Å². The maximum Gasteiger partial charge on any atom is 0.406 e. The maximum atomic E-state index is 12.2. The van der Waals surface area contributed by atoms with Gasteiger partial charge >= 0.3 is 5.82 Å². The lowest BCUT2D eigenvalue weighted by Crippen LogP contribution is -2.30. The summed E-state index contributed by atoms with van der Waals surface area (Å²) in [7, 11) is 0. The number of nitro groups is 1. The van der Waals surface area contributed by atoms with Crippen LogP contribution in [0.1, 0.15) is 6.92 Å². The van der Waals surface area contributed by atoms with Crippen molar-refractivity contribution >= 4 is 52.2 Å². The van der Waals surface area contributed by atoms with Gasteiger partial charge in [-0.05, 0) is 41.1 Å². The third-order valence-electron chi connectivity index (χ3n) is 2.86. The molecule has 0 aliphatic rings. The minimum absolute atomic E-state index is 0.120. The maximum absolute atomic E-state index is 12.2. The van der Waals surface area contributed by atoms with Crippen LogP contribution in [0, 0.1) is 10.1 Å². The smallest absolute Gasteiger partial charge is 0.406 e. The van der Waals surface area contributed by atoms with E-state index in [4.69, 9.17) is 39.5 Å². The SMILES string of the molecule is CC(Oc1cccnc1[N+](=O)[O-])C(=O)Nc1cc(Cl)c(Cl)cc1Cl. The number of amides is 1. The zero-order chi connectivity index (χ0) is 17.9. The van der Waals surface area contributed by atoms with Crippen LogP contribution in [0.25, 0.3) is 0 Å². The van der Waals surface area contributed by atoms with Crippen molar-refractivity contribution in [1.82, 2.24) is 4.98 Å². The summed E-state index contributed by atoms with van der Waals surface area (Å²) in [5.74, 6) is -1.18. The standard InChI is InChI=1S/C14H10Cl3N3O4/c1-7(24-12-3-2-4-18-13(12)20(22)23)14(21)19-11-6-9(16)8(15)5-10(11)17/h2-7H,1H3,(H,19,21). The molecule has 0 radical (unpaired) electrons. The molecule has 1 heterocycles. The first-order chi connectivity index (χ1) is 11.3. The Morgan fingerprint density at radius 3 is 2.62 bits per heavy atom. The Balaban J connectivity index is 2.14. The predicted octanol–water partition coefficient (Wildman–Crippen LogP) is 4.36. The van der Waals surface area contributed by atoms with E-state index < -0.39 is 22.8 Å². The number of aromatic nitrogens is 1. The second-order valence-corrected chi connectivity index (χ2v) is 5.80. The molecule has 10 heteroatoms. The molecule has 1 aromatic carbocycles. The van der Waals surface area contributed by atoms with Crippen LogP contribution in [0.15, 0.2) is 30.5 Å². The van der Waals surface area contributed by atoms with Crippen molar-refractivity contribution in [3.05, 3.63) is 55.6 Å². The Kier molecular flexibility index (Phi) is 5.82. The first-order valence-corrected chi connectivity index (χ1v) is 7.64. The molecule has 1 atom stereocenters. The Morgan fingerprint density at radius 1 is 1.29 bits per heavy atom. The van der Waals surface area contributed by atoms with E-state index in [1.807, 2.05) is 0 Å². The molecule has 1 N–H and O–H groups in total. The van der Waals surface area contributed by atoms with E-state index in [2.05, 4.69) is 10.3 Å². The molecule has 24 heavy (non-hydrogen) atoms. The number of halogens is 3. The number of ether oxygens (including phenoxy) is 1. The highest BCUT2D eigenvalue weighted by Crippen LogP contribution is 2.32. The molecule has 1 unspecified atom stereocenters. The molecular formula is C14H10Cl3N3O4. The summed E-state index contributed by atoms with van der Waals surface area (Å²) in [6.07, 6.45) is 0.212. The minimum Gasteiger partial charge on any atom is -0.473 e. The number of hydrogen-bond acceptors (Lipinski definition) is 5. The summed E-state index contributed by atoms with van der Waals surface area (Å²) in [5.41, 5.74) is 0.243. The minimum atomic E-state index is -1.04. The van der Waals surface area contributed by atoms with E-state index in [0.29, 0.717) is 0 Å². The Labute approximate surface area is 151 Å². The molecule has 0 fully saturated rings. The van der Waals surface area contributed by atoms with Crippen molar-refractivity contribution in [3.8, 4) is 5.75 Å². The van der Waals surface area contributed by atoms with E-state index >= 15 is 0 Å². The third kappa shape index (κ3) is 4.25. The number of anilines is 1. The van der Waals surface area contributed by atoms with Crippen LogP contribution in [0.3, 0.4) is 0 Å². The zero-order valence-electron chi connectivity index (χ0n) is 12.1. The van der Waals surface area contributed by atoms with Crippen LogP contribution in [0.5, 0.6) is 5.75 Å². The fraction of sp³-hybridized carbons (Fsp3) is 0.143. The lowest BCUT2D eigenvalue weighted by atomic mass is 10.3. The first kappa shape index (κ1) is 18.3. The van der Waals surface area contributed by atoms with Gasteiger partial charge in [-0.3, -0.25) is 4.79 Å². The van der Waals surface area contributed by atoms with E-state index in [0.717, 1.165) is 0 Å². The van der Waals surface area contributed by atoms with Gasteiger partial charge in [-0.15, -0.1) is 0 Å². The second kappa shape index (κ2) is 7.65. The molecule has 1 aromatic heterocycles. The fourth-order valence-electron chi connectivity index (χ4n) is 1.71. The molecule has 2 rings (SSSR count). The third-order valence-corrected chi connectivity index (χ3v) is 3.90. The highest BCUT2D eigenvalue weighted by atomic mass is 35.5. The normalized spacial score (nSPS) is 11.7. The molecule has 2 aromatic rings. The summed E-state index contributed by atoms with van der Waals surface area (Å²) in [5, 5.41) is 14.1. The zero-order valence-corrected chi connectivity index (χ0v) is 14.4. The van der Waals surface area contributed by atoms with E-state index in [9.17, 15) is 14.9 Å². The number of rotatable bonds is 5. The molecule has 0 saturated heterocycles. The summed E-state index contributed by atoms with van der Waals surface area (Å²) in [6, 6.07) is 5.59. The van der Waals surface area contributed by atoms with Crippen LogP contribution in [-0.2, 0) is 4.79 Å². The molecule has 1 amide bonds. The average Bonchev–Trinajstić information content (AvgIpc) is 2.52. The van der Waals surface area contributed by atoms with Crippen molar-refractivity contribution in [2.75, 3.05) is 5.32 Å². The molecule has 7 nitrogen and oxygen atoms in total. The number of carbonyl (C=O) groups is 1. The van der Waals surface area contributed by atoms with Crippen LogP contribution >= 0.6 is 34.8 Å². The topological polar surface area (TPSA) is 94.4 Å². The molecular weight excluding hydrogens is 381 g/mol. The van der Waals surface area contributed by atoms with E-state index in [-0.39, 0.29) is 26.5 Å². The van der Waals surface area contributed by atoms with E-state index in [1.54, 1.807) is 0 Å². The second-order valence-electron chi connectivity index (χ2n) is 4.58. The fourth-order valence-corrected chi connectivity index (χ4v) is 2.30. The number of benzene rings is 1. The van der Waals surface area contributed by atoms with Gasteiger partial charge in [0.05, 0.1) is 20.8 Å². The average molecular weight is 391 g/mol. The quantitative estimate of drug-likeness (QED) is 0.465. The molecule has 0 spiro atoms. The number of nitrogens with zero attached hydrogens (tertiary/aromatic N) is 2. The van der Waals surface area contributed by atoms with Crippen molar-refractivity contribution < 1.29 is 14.5 Å².